The second kappa shape index (κ2) is 5.17. The van der Waals surface area contributed by atoms with Crippen molar-refractivity contribution in [2.45, 2.75) is 13.3 Å². The van der Waals surface area contributed by atoms with Gasteiger partial charge in [-0.25, -0.2) is 4.99 Å². The highest BCUT2D eigenvalue weighted by atomic mass is 15.0. The van der Waals surface area contributed by atoms with E-state index in [1.165, 1.54) is 0 Å². The minimum Gasteiger partial charge on any atom is -0.399 e. The Bertz CT molecular complexity index is 760. The Balaban J connectivity index is 1.93. The molecule has 0 fully saturated rings. The van der Waals surface area contributed by atoms with Crippen LogP contribution in [0.25, 0.3) is 10.9 Å². The Morgan fingerprint density at radius 2 is 2.35 bits per heavy atom. The van der Waals surface area contributed by atoms with E-state index in [9.17, 15) is 0 Å². The molecule has 3 rings (SSSR count). The van der Waals surface area contributed by atoms with Crippen LogP contribution in [0.4, 0.5) is 0 Å². The van der Waals surface area contributed by atoms with E-state index in [1.807, 2.05) is 54.4 Å². The van der Waals surface area contributed by atoms with Gasteiger partial charge in [-0.2, -0.15) is 0 Å². The first-order chi connectivity index (χ1) is 9.74. The van der Waals surface area contributed by atoms with E-state index in [0.29, 0.717) is 0 Å². The highest BCUT2D eigenvalue weighted by molar-refractivity contribution is 5.93. The number of hydrogen-bond donors (Lipinski definition) is 1. The number of aromatic nitrogens is 2. The highest BCUT2D eigenvalue weighted by Gasteiger charge is 2.03. The summed E-state index contributed by atoms with van der Waals surface area (Å²) in [7, 11) is 0. The van der Waals surface area contributed by atoms with Gasteiger partial charge in [-0.1, -0.05) is 6.08 Å². The summed E-state index contributed by atoms with van der Waals surface area (Å²) in [5.74, 6) is 0.905. The van der Waals surface area contributed by atoms with Crippen molar-refractivity contribution >= 4 is 16.7 Å². The van der Waals surface area contributed by atoms with Crippen LogP contribution in [-0.4, -0.2) is 15.4 Å². The third-order valence-corrected chi connectivity index (χ3v) is 3.28. The Morgan fingerprint density at radius 3 is 3.20 bits per heavy atom. The summed E-state index contributed by atoms with van der Waals surface area (Å²) in [6.45, 7) is 1.98. The van der Waals surface area contributed by atoms with Gasteiger partial charge in [0.1, 0.15) is 5.84 Å². The Labute approximate surface area is 117 Å². The summed E-state index contributed by atoms with van der Waals surface area (Å²) in [5, 5.41) is 1.16. The standard InChI is InChI=1S/C16H16N4/c1-12(19-10-13-3-2-4-15(17)9-13)20-8-6-14-5-7-18-11-16(14)20/h2,4-11H,3,17H2,1H3/b13-10+,19-12?. The van der Waals surface area contributed by atoms with Crippen LogP contribution in [0.1, 0.15) is 13.3 Å². The lowest BCUT2D eigenvalue weighted by Gasteiger charge is -2.06. The van der Waals surface area contributed by atoms with Gasteiger partial charge in [0.05, 0.1) is 11.7 Å². The molecule has 0 unspecified atom stereocenters. The first-order valence-electron chi connectivity index (χ1n) is 6.52. The smallest absolute Gasteiger partial charge is 0.110 e. The molecule has 20 heavy (non-hydrogen) atoms. The molecule has 0 spiro atoms. The number of fused-ring (bicyclic) bond motifs is 1. The van der Waals surface area contributed by atoms with Gasteiger partial charge in [-0.3, -0.25) is 4.98 Å². The van der Waals surface area contributed by atoms with Crippen LogP contribution in [-0.2, 0) is 0 Å². The zero-order chi connectivity index (χ0) is 13.9. The maximum Gasteiger partial charge on any atom is 0.110 e. The fraction of sp³-hybridized carbons (Fsp3) is 0.125. The highest BCUT2D eigenvalue weighted by Crippen LogP contribution is 2.15. The molecule has 4 nitrogen and oxygen atoms in total. The maximum atomic E-state index is 5.77. The first kappa shape index (κ1) is 12.4. The minimum absolute atomic E-state index is 0.769. The van der Waals surface area contributed by atoms with Crippen LogP contribution < -0.4 is 5.73 Å². The summed E-state index contributed by atoms with van der Waals surface area (Å²) in [6, 6.07) is 4.05. The van der Waals surface area contributed by atoms with Crippen molar-refractivity contribution in [3.8, 4) is 0 Å². The molecule has 0 bridgehead atoms. The zero-order valence-corrected chi connectivity index (χ0v) is 11.3. The van der Waals surface area contributed by atoms with E-state index in [4.69, 9.17) is 5.73 Å². The molecule has 0 atom stereocenters. The van der Waals surface area contributed by atoms with E-state index in [-0.39, 0.29) is 0 Å². The molecule has 2 heterocycles. The van der Waals surface area contributed by atoms with Crippen molar-refractivity contribution in [2.24, 2.45) is 10.7 Å². The number of nitrogens with zero attached hydrogens (tertiary/aromatic N) is 3. The lowest BCUT2D eigenvalue weighted by Crippen LogP contribution is -2.05. The summed E-state index contributed by atoms with van der Waals surface area (Å²) in [5.41, 5.74) is 8.71. The van der Waals surface area contributed by atoms with E-state index in [2.05, 4.69) is 16.0 Å². The van der Waals surface area contributed by atoms with Crippen LogP contribution in [0.5, 0.6) is 0 Å². The largest absolute Gasteiger partial charge is 0.399 e. The molecule has 0 saturated heterocycles. The van der Waals surface area contributed by atoms with E-state index in [0.717, 1.165) is 34.4 Å². The molecule has 1 aliphatic rings. The van der Waals surface area contributed by atoms with Gasteiger partial charge >= 0.3 is 0 Å². The van der Waals surface area contributed by atoms with E-state index < -0.39 is 0 Å². The molecule has 0 amide bonds. The van der Waals surface area contributed by atoms with Crippen molar-refractivity contribution in [1.29, 1.82) is 0 Å². The number of pyridine rings is 1. The van der Waals surface area contributed by atoms with Crippen LogP contribution in [0.2, 0.25) is 0 Å². The quantitative estimate of drug-likeness (QED) is 0.636. The monoisotopic (exact) mass is 264 g/mol. The maximum absolute atomic E-state index is 5.77. The molecule has 0 radical (unpaired) electrons. The van der Waals surface area contributed by atoms with Crippen LogP contribution >= 0.6 is 0 Å². The number of nitrogens with two attached hydrogens (primary N) is 1. The molecule has 2 aromatic heterocycles. The number of rotatable bonds is 1. The van der Waals surface area contributed by atoms with Crippen molar-refractivity contribution in [1.82, 2.24) is 9.55 Å². The van der Waals surface area contributed by atoms with Crippen LogP contribution in [0, 0.1) is 0 Å². The van der Waals surface area contributed by atoms with Crippen molar-refractivity contribution in [2.75, 3.05) is 0 Å². The SMILES string of the molecule is CC(=N/C=C1/C=C(N)C=CC1)n1ccc2ccncc21. The number of allylic oxidation sites excluding steroid dienone is 4. The predicted molar refractivity (Wildman–Crippen MR) is 82.4 cm³/mol. The molecule has 2 N–H and O–H groups in total. The van der Waals surface area contributed by atoms with Gasteiger partial charge in [0.15, 0.2) is 0 Å². The number of aliphatic imine (C=N–C) groups is 1. The van der Waals surface area contributed by atoms with Crippen molar-refractivity contribution < 1.29 is 0 Å². The van der Waals surface area contributed by atoms with Gasteiger partial charge < -0.3 is 10.3 Å². The van der Waals surface area contributed by atoms with Gasteiger partial charge in [-0.15, -0.1) is 0 Å². The fourth-order valence-electron chi connectivity index (χ4n) is 2.24. The molecular weight excluding hydrogens is 248 g/mol. The lowest BCUT2D eigenvalue weighted by molar-refractivity contribution is 1.15. The van der Waals surface area contributed by atoms with Crippen LogP contribution in [0.3, 0.4) is 0 Å². The van der Waals surface area contributed by atoms with Crippen molar-refractivity contribution in [3.05, 3.63) is 66.4 Å². The predicted octanol–water partition coefficient (Wildman–Crippen LogP) is 2.99. The second-order valence-electron chi connectivity index (χ2n) is 4.75. The van der Waals surface area contributed by atoms with E-state index >= 15 is 0 Å². The Morgan fingerprint density at radius 1 is 1.45 bits per heavy atom. The summed E-state index contributed by atoms with van der Waals surface area (Å²) in [4.78, 5) is 8.69. The first-order valence-corrected chi connectivity index (χ1v) is 6.52. The Hall–Kier alpha value is -2.62. The molecule has 2 aromatic rings. The molecule has 100 valence electrons. The molecular formula is C16H16N4. The average Bonchev–Trinajstić information content (AvgIpc) is 2.89. The lowest BCUT2D eigenvalue weighted by atomic mass is 10.1. The summed E-state index contributed by atoms with van der Waals surface area (Å²) < 4.78 is 2.03. The Kier molecular flexibility index (Phi) is 3.21. The second-order valence-corrected chi connectivity index (χ2v) is 4.75. The van der Waals surface area contributed by atoms with Gasteiger partial charge in [-0.05, 0) is 43.2 Å². The minimum atomic E-state index is 0.769. The molecule has 4 heteroatoms. The molecule has 0 aliphatic heterocycles. The van der Waals surface area contributed by atoms with Gasteiger partial charge in [0, 0.05) is 29.7 Å². The summed E-state index contributed by atoms with van der Waals surface area (Å²) in [6.07, 6.45) is 14.3. The zero-order valence-electron chi connectivity index (χ0n) is 11.3. The number of hydrogen-bond acceptors (Lipinski definition) is 3. The molecule has 0 aromatic carbocycles. The normalized spacial score (nSPS) is 17.8. The molecule has 0 saturated carbocycles. The topological polar surface area (TPSA) is 56.2 Å². The van der Waals surface area contributed by atoms with E-state index in [1.54, 1.807) is 6.20 Å². The van der Waals surface area contributed by atoms with Crippen molar-refractivity contribution in [3.63, 3.8) is 0 Å². The van der Waals surface area contributed by atoms with Gasteiger partial charge in [0.2, 0.25) is 0 Å². The summed E-state index contributed by atoms with van der Waals surface area (Å²) >= 11 is 0. The third-order valence-electron chi connectivity index (χ3n) is 3.28. The molecule has 1 aliphatic carbocycles. The third kappa shape index (κ3) is 2.40. The average molecular weight is 264 g/mol. The fourth-order valence-corrected chi connectivity index (χ4v) is 2.24. The van der Waals surface area contributed by atoms with Crippen LogP contribution in [0.15, 0.2) is 71.4 Å². The van der Waals surface area contributed by atoms with Gasteiger partial charge in [0.25, 0.3) is 0 Å².